The van der Waals surface area contributed by atoms with Gasteiger partial charge in [0.1, 0.15) is 17.9 Å². The van der Waals surface area contributed by atoms with Gasteiger partial charge in [-0.05, 0) is 49.7 Å². The predicted octanol–water partition coefficient (Wildman–Crippen LogP) is 2.57. The fourth-order valence-corrected chi connectivity index (χ4v) is 3.14. The van der Waals surface area contributed by atoms with Crippen LogP contribution in [0.2, 0.25) is 0 Å². The molecule has 0 radical (unpaired) electrons. The van der Waals surface area contributed by atoms with Crippen LogP contribution in [-0.4, -0.2) is 34.4 Å². The third-order valence-electron chi connectivity index (χ3n) is 4.75. The number of fused-ring (bicyclic) bond motifs is 1. The van der Waals surface area contributed by atoms with E-state index in [1.165, 1.54) is 0 Å². The van der Waals surface area contributed by atoms with Gasteiger partial charge in [-0.15, -0.1) is 0 Å². The number of carbonyl (C=O) groups excluding carboxylic acids is 2. The number of aliphatic carboxylic acids is 1. The van der Waals surface area contributed by atoms with E-state index in [4.69, 9.17) is 5.11 Å². The van der Waals surface area contributed by atoms with Crippen molar-refractivity contribution in [2.75, 3.05) is 6.54 Å². The second kappa shape index (κ2) is 7.64. The number of hydrogen-bond donors (Lipinski definition) is 3. The molecular weight excluding hydrogens is 370 g/mol. The van der Waals surface area contributed by atoms with Crippen LogP contribution in [0.25, 0.3) is 0 Å². The lowest BCUT2D eigenvalue weighted by Gasteiger charge is -2.32. The number of carboxylic acids is 1. The van der Waals surface area contributed by atoms with Crippen molar-refractivity contribution in [2.45, 2.75) is 19.3 Å². The van der Waals surface area contributed by atoms with E-state index in [1.54, 1.807) is 32.0 Å². The summed E-state index contributed by atoms with van der Waals surface area (Å²) in [6.07, 6.45) is 0. The summed E-state index contributed by atoms with van der Waals surface area (Å²) in [6.45, 7) is 2.73. The summed E-state index contributed by atoms with van der Waals surface area (Å²) in [6, 6.07) is 14.4. The average molecular weight is 389 g/mol. The number of hydrogen-bond acceptors (Lipinski definition) is 4. The molecule has 1 amide bonds. The molecule has 1 aliphatic rings. The van der Waals surface area contributed by atoms with Gasteiger partial charge in [0.25, 0.3) is 5.91 Å². The molecule has 3 N–H and O–H groups in total. The highest BCUT2D eigenvalue weighted by Gasteiger charge is 2.41. The smallest absolute Gasteiger partial charge is 0.322 e. The van der Waals surface area contributed by atoms with E-state index in [0.29, 0.717) is 11.1 Å². The monoisotopic (exact) mass is 389 g/mol. The molecule has 0 fully saturated rings. The van der Waals surface area contributed by atoms with Crippen LogP contribution in [0.4, 0.5) is 0 Å². The molecule has 0 bridgehead atoms. The predicted molar refractivity (Wildman–Crippen MR) is 107 cm³/mol. The summed E-state index contributed by atoms with van der Waals surface area (Å²) >= 11 is 0. The van der Waals surface area contributed by atoms with Gasteiger partial charge >= 0.3 is 5.97 Å². The van der Waals surface area contributed by atoms with Crippen LogP contribution in [0.15, 0.2) is 59.9 Å². The first kappa shape index (κ1) is 19.9. The molecule has 0 unspecified atom stereocenters. The van der Waals surface area contributed by atoms with E-state index in [0.717, 1.165) is 5.56 Å². The number of aliphatic hydroxyl groups is 1. The van der Waals surface area contributed by atoms with Gasteiger partial charge in [0.2, 0.25) is 5.78 Å². The summed E-state index contributed by atoms with van der Waals surface area (Å²) in [5.74, 6) is 2.87. The Morgan fingerprint density at radius 3 is 2.34 bits per heavy atom. The Kier molecular flexibility index (Phi) is 5.24. The Balaban J connectivity index is 2.00. The van der Waals surface area contributed by atoms with Crippen molar-refractivity contribution in [2.24, 2.45) is 0 Å². The van der Waals surface area contributed by atoms with E-state index in [-0.39, 0.29) is 5.56 Å². The molecule has 2 aromatic rings. The van der Waals surface area contributed by atoms with Crippen molar-refractivity contribution >= 4 is 17.7 Å². The molecule has 3 rings (SSSR count). The van der Waals surface area contributed by atoms with Gasteiger partial charge in [-0.1, -0.05) is 30.0 Å². The van der Waals surface area contributed by atoms with E-state index in [2.05, 4.69) is 17.2 Å². The molecule has 0 saturated heterocycles. The highest BCUT2D eigenvalue weighted by molar-refractivity contribution is 6.27. The molecule has 29 heavy (non-hydrogen) atoms. The number of carbonyl (C=O) groups is 3. The normalized spacial score (nSPS) is 14.5. The van der Waals surface area contributed by atoms with Gasteiger partial charge < -0.3 is 15.5 Å². The molecule has 0 saturated carbocycles. The summed E-state index contributed by atoms with van der Waals surface area (Å²) in [5, 5.41) is 21.5. The summed E-state index contributed by atoms with van der Waals surface area (Å²) in [5.41, 5.74) is 0.879. The van der Waals surface area contributed by atoms with Crippen molar-refractivity contribution in [3.63, 3.8) is 0 Å². The Bertz CT molecular complexity index is 1100. The van der Waals surface area contributed by atoms with Gasteiger partial charge in [-0.3, -0.25) is 14.4 Å². The van der Waals surface area contributed by atoms with Crippen LogP contribution >= 0.6 is 0 Å². The lowest BCUT2D eigenvalue weighted by molar-refractivity contribution is -0.137. The zero-order chi connectivity index (χ0) is 21.2. The minimum Gasteiger partial charge on any atom is -0.510 e. The molecule has 2 aromatic carbocycles. The Labute approximate surface area is 167 Å². The summed E-state index contributed by atoms with van der Waals surface area (Å²) < 4.78 is 0. The number of nitrogens with one attached hydrogen (secondary N) is 1. The standard InChI is InChI=1S/C23H19NO5/c1-23(2)17-12-15(9-8-14-6-4-3-5-7-14)10-11-16(17)20(27)19(21(23)28)22(29)24-13-18(25)26/h3-7,10-12,28H,13H2,1-2H3,(H,24,29)(H,25,26). The molecule has 0 aliphatic heterocycles. The minimum atomic E-state index is -1.25. The van der Waals surface area contributed by atoms with Crippen LogP contribution in [0.3, 0.4) is 0 Å². The third-order valence-corrected chi connectivity index (χ3v) is 4.75. The third kappa shape index (κ3) is 3.90. The van der Waals surface area contributed by atoms with E-state index in [1.807, 2.05) is 30.3 Å². The summed E-state index contributed by atoms with van der Waals surface area (Å²) in [4.78, 5) is 35.8. The number of amides is 1. The van der Waals surface area contributed by atoms with E-state index in [9.17, 15) is 19.5 Å². The molecule has 6 nitrogen and oxygen atoms in total. The molecule has 0 aromatic heterocycles. The zero-order valence-electron chi connectivity index (χ0n) is 15.9. The highest BCUT2D eigenvalue weighted by atomic mass is 16.4. The Morgan fingerprint density at radius 1 is 1.03 bits per heavy atom. The number of allylic oxidation sites excluding steroid dienone is 1. The van der Waals surface area contributed by atoms with Crippen molar-refractivity contribution in [3.05, 3.63) is 82.1 Å². The number of aliphatic hydroxyl groups excluding tert-OH is 1. The number of Topliss-reactive ketones (excluding diaryl/α,β-unsaturated/α-hetero) is 1. The molecule has 0 spiro atoms. The van der Waals surface area contributed by atoms with Crippen LogP contribution in [0.1, 0.15) is 40.9 Å². The van der Waals surface area contributed by atoms with Crippen molar-refractivity contribution < 1.29 is 24.6 Å². The fourth-order valence-electron chi connectivity index (χ4n) is 3.14. The quantitative estimate of drug-likeness (QED) is 0.553. The van der Waals surface area contributed by atoms with Gasteiger partial charge in [0.05, 0.1) is 0 Å². The first-order valence-corrected chi connectivity index (χ1v) is 8.92. The molecule has 0 atom stereocenters. The summed E-state index contributed by atoms with van der Waals surface area (Å²) in [7, 11) is 0. The largest absolute Gasteiger partial charge is 0.510 e. The van der Waals surface area contributed by atoms with Crippen molar-refractivity contribution in [1.29, 1.82) is 0 Å². The van der Waals surface area contributed by atoms with Crippen LogP contribution in [-0.2, 0) is 15.0 Å². The maximum Gasteiger partial charge on any atom is 0.322 e. The maximum atomic E-state index is 12.8. The molecule has 0 heterocycles. The fraction of sp³-hybridized carbons (Fsp3) is 0.174. The zero-order valence-corrected chi connectivity index (χ0v) is 15.9. The van der Waals surface area contributed by atoms with Crippen molar-refractivity contribution in [1.82, 2.24) is 5.32 Å². The first-order valence-electron chi connectivity index (χ1n) is 8.92. The Hall–Kier alpha value is -3.85. The van der Waals surface area contributed by atoms with Gasteiger partial charge in [0, 0.05) is 22.1 Å². The lowest BCUT2D eigenvalue weighted by atomic mass is 9.71. The number of ketones is 1. The topological polar surface area (TPSA) is 104 Å². The van der Waals surface area contributed by atoms with Gasteiger partial charge in [0.15, 0.2) is 0 Å². The molecular formula is C23H19NO5. The van der Waals surface area contributed by atoms with E-state index < -0.39 is 41.0 Å². The first-order chi connectivity index (χ1) is 13.7. The average Bonchev–Trinajstić information content (AvgIpc) is 2.70. The van der Waals surface area contributed by atoms with Crippen LogP contribution < -0.4 is 5.32 Å². The maximum absolute atomic E-state index is 12.8. The molecule has 6 heteroatoms. The van der Waals surface area contributed by atoms with E-state index >= 15 is 0 Å². The van der Waals surface area contributed by atoms with Gasteiger partial charge in [-0.25, -0.2) is 0 Å². The SMILES string of the molecule is CC1(C)C(O)=C(C(=O)NCC(=O)O)C(=O)c2ccc(C#Cc3ccccc3)cc21. The van der Waals surface area contributed by atoms with Crippen LogP contribution in [0, 0.1) is 11.8 Å². The number of carboxylic acid groups (broad SMARTS) is 1. The second-order valence-corrected chi connectivity index (χ2v) is 7.13. The van der Waals surface area contributed by atoms with Crippen molar-refractivity contribution in [3.8, 4) is 11.8 Å². The molecule has 1 aliphatic carbocycles. The van der Waals surface area contributed by atoms with Crippen LogP contribution in [0.5, 0.6) is 0 Å². The number of benzene rings is 2. The lowest BCUT2D eigenvalue weighted by Crippen LogP contribution is -2.39. The number of rotatable bonds is 3. The molecule has 146 valence electrons. The Morgan fingerprint density at radius 2 is 1.69 bits per heavy atom. The minimum absolute atomic E-state index is 0.276. The van der Waals surface area contributed by atoms with Gasteiger partial charge in [-0.2, -0.15) is 0 Å². The highest BCUT2D eigenvalue weighted by Crippen LogP contribution is 2.40. The second-order valence-electron chi connectivity index (χ2n) is 7.13.